The quantitative estimate of drug-likeness (QED) is 0.277. The number of carbonyl (C=O) groups is 1. The summed E-state index contributed by atoms with van der Waals surface area (Å²) in [7, 11) is -2.30. The number of nitro groups is 1. The lowest BCUT2D eigenvalue weighted by Gasteiger charge is -2.04. The first-order valence-electron chi connectivity index (χ1n) is 8.81. The zero-order valence-corrected chi connectivity index (χ0v) is 18.6. The number of nitro benzene ring substituents is 1. The van der Waals surface area contributed by atoms with Crippen molar-refractivity contribution in [3.05, 3.63) is 64.8 Å². The Morgan fingerprint density at radius 2 is 1.87 bits per heavy atom. The highest BCUT2D eigenvalue weighted by Crippen LogP contribution is 2.29. The minimum atomic E-state index is -3.89. The predicted molar refractivity (Wildman–Crippen MR) is 118 cm³/mol. The molecule has 0 fully saturated rings. The molecule has 1 amide bonds. The van der Waals surface area contributed by atoms with Gasteiger partial charge in [0.25, 0.3) is 5.69 Å². The molecule has 2 aromatic carbocycles. The average Bonchev–Trinajstić information content (AvgIpc) is 3.23. The van der Waals surface area contributed by atoms with Crippen molar-refractivity contribution in [3.63, 3.8) is 0 Å². The van der Waals surface area contributed by atoms with E-state index in [2.05, 4.69) is 10.3 Å². The number of hydrogen-bond acceptors (Lipinski definition) is 9. The Labute approximate surface area is 186 Å². The van der Waals surface area contributed by atoms with Gasteiger partial charge in [-0.05, 0) is 36.4 Å². The number of rotatable bonds is 9. The molecule has 0 radical (unpaired) electrons. The number of anilines is 1. The first kappa shape index (κ1) is 22.7. The number of methoxy groups -OCH3 is 1. The summed E-state index contributed by atoms with van der Waals surface area (Å²) < 4.78 is 30.4. The van der Waals surface area contributed by atoms with Gasteiger partial charge in [0.1, 0.15) is 9.96 Å². The molecule has 162 valence electrons. The molecule has 1 N–H and O–H groups in total. The summed E-state index contributed by atoms with van der Waals surface area (Å²) in [5.41, 5.74) is -0.205. The largest absolute Gasteiger partial charge is 0.497 e. The number of aromatic nitrogens is 1. The lowest BCUT2D eigenvalue weighted by atomic mass is 10.3. The van der Waals surface area contributed by atoms with Gasteiger partial charge in [0.15, 0.2) is 5.13 Å². The Kier molecular flexibility index (Phi) is 7.25. The van der Waals surface area contributed by atoms with Gasteiger partial charge in [0.2, 0.25) is 15.7 Å². The molecule has 0 saturated heterocycles. The summed E-state index contributed by atoms with van der Waals surface area (Å²) in [4.78, 5) is 27.1. The van der Waals surface area contributed by atoms with E-state index in [1.165, 1.54) is 23.9 Å². The summed E-state index contributed by atoms with van der Waals surface area (Å²) >= 11 is 2.33. The van der Waals surface area contributed by atoms with Crippen molar-refractivity contribution in [2.45, 2.75) is 20.4 Å². The van der Waals surface area contributed by atoms with E-state index in [-0.39, 0.29) is 32.3 Å². The topological polar surface area (TPSA) is 128 Å². The van der Waals surface area contributed by atoms with E-state index in [1.54, 1.807) is 7.11 Å². The second-order valence-electron chi connectivity index (χ2n) is 6.06. The summed E-state index contributed by atoms with van der Waals surface area (Å²) in [6.45, 7) is 0. The van der Waals surface area contributed by atoms with Crippen LogP contribution in [0.2, 0.25) is 0 Å². The van der Waals surface area contributed by atoms with Gasteiger partial charge in [-0.15, -0.1) is 11.8 Å². The molecule has 0 unspecified atom stereocenters. The van der Waals surface area contributed by atoms with E-state index in [4.69, 9.17) is 4.74 Å². The van der Waals surface area contributed by atoms with E-state index in [0.29, 0.717) is 5.75 Å². The Morgan fingerprint density at radius 3 is 2.48 bits per heavy atom. The van der Waals surface area contributed by atoms with E-state index in [0.717, 1.165) is 40.3 Å². The SMILES string of the molecule is COc1ccc(SCCC(=O)Nc2ncc(S(=O)(=O)c3ccc([N+](=O)[O-])cc3)s2)cc1. The second kappa shape index (κ2) is 9.90. The molecular weight excluding hydrogens is 462 g/mol. The molecule has 1 heterocycles. The standard InChI is InChI=1S/C19H17N3O6S3/c1-28-14-4-6-15(7-5-14)29-11-10-17(23)21-19-20-12-18(30-19)31(26,27)16-8-2-13(3-9-16)22(24)25/h2-9,12H,10-11H2,1H3,(H,20,21,23). The fourth-order valence-corrected chi connectivity index (χ4v) is 5.72. The first-order chi connectivity index (χ1) is 14.8. The Balaban J connectivity index is 1.56. The van der Waals surface area contributed by atoms with Gasteiger partial charge >= 0.3 is 0 Å². The minimum Gasteiger partial charge on any atom is -0.497 e. The van der Waals surface area contributed by atoms with E-state index in [1.807, 2.05) is 24.3 Å². The zero-order valence-electron chi connectivity index (χ0n) is 16.2. The molecule has 0 atom stereocenters. The van der Waals surface area contributed by atoms with E-state index in [9.17, 15) is 23.3 Å². The Bertz CT molecular complexity index is 1180. The summed E-state index contributed by atoms with van der Waals surface area (Å²) in [5.74, 6) is 1.01. The third-order valence-electron chi connectivity index (χ3n) is 4.01. The Hall–Kier alpha value is -2.96. The molecular formula is C19H17N3O6S3. The first-order valence-corrected chi connectivity index (χ1v) is 12.1. The zero-order chi connectivity index (χ0) is 22.4. The van der Waals surface area contributed by atoms with Crippen LogP contribution in [0, 0.1) is 10.1 Å². The normalized spacial score (nSPS) is 11.1. The van der Waals surface area contributed by atoms with Gasteiger partial charge in [-0.1, -0.05) is 11.3 Å². The van der Waals surface area contributed by atoms with E-state index < -0.39 is 14.8 Å². The van der Waals surface area contributed by atoms with Crippen LogP contribution in [0.5, 0.6) is 5.75 Å². The second-order valence-corrected chi connectivity index (χ2v) is 10.4. The maximum absolute atomic E-state index is 12.7. The lowest BCUT2D eigenvalue weighted by Crippen LogP contribution is -2.11. The number of hydrogen-bond donors (Lipinski definition) is 1. The molecule has 0 aliphatic heterocycles. The molecule has 0 bridgehead atoms. The average molecular weight is 480 g/mol. The molecule has 1 aromatic heterocycles. The molecule has 3 aromatic rings. The van der Waals surface area contributed by atoms with E-state index >= 15 is 0 Å². The number of amides is 1. The molecule has 0 spiro atoms. The molecule has 31 heavy (non-hydrogen) atoms. The van der Waals surface area contributed by atoms with Crippen LogP contribution in [0.25, 0.3) is 0 Å². The fourth-order valence-electron chi connectivity index (χ4n) is 2.42. The third-order valence-corrected chi connectivity index (χ3v) is 8.17. The van der Waals surface area contributed by atoms with Gasteiger partial charge in [0.05, 0.1) is 23.1 Å². The van der Waals surface area contributed by atoms with Crippen LogP contribution in [0.3, 0.4) is 0 Å². The van der Waals surface area contributed by atoms with Crippen LogP contribution in [0.15, 0.2) is 68.7 Å². The monoisotopic (exact) mass is 479 g/mol. The van der Waals surface area contributed by atoms with Crippen LogP contribution in [0.4, 0.5) is 10.8 Å². The fraction of sp³-hybridized carbons (Fsp3) is 0.158. The summed E-state index contributed by atoms with van der Waals surface area (Å²) in [6, 6.07) is 12.1. The molecule has 3 rings (SSSR count). The highest BCUT2D eigenvalue weighted by atomic mass is 32.2. The number of thiazole rings is 1. The van der Waals surface area contributed by atoms with Crippen molar-refractivity contribution in [1.29, 1.82) is 0 Å². The van der Waals surface area contributed by atoms with Crippen LogP contribution >= 0.6 is 23.1 Å². The van der Waals surface area contributed by atoms with Crippen molar-refractivity contribution in [1.82, 2.24) is 4.98 Å². The number of benzene rings is 2. The number of nitrogens with zero attached hydrogens (tertiary/aromatic N) is 2. The van der Waals surface area contributed by atoms with Gasteiger partial charge in [-0.3, -0.25) is 14.9 Å². The minimum absolute atomic E-state index is 0.0655. The molecule has 12 heteroatoms. The van der Waals surface area contributed by atoms with Crippen molar-refractivity contribution in [2.75, 3.05) is 18.2 Å². The number of thioether (sulfide) groups is 1. The lowest BCUT2D eigenvalue weighted by molar-refractivity contribution is -0.384. The van der Waals surface area contributed by atoms with Crippen molar-refractivity contribution < 1.29 is 22.9 Å². The number of non-ortho nitro benzene ring substituents is 1. The van der Waals surface area contributed by atoms with Crippen LogP contribution in [-0.4, -0.2) is 37.1 Å². The maximum Gasteiger partial charge on any atom is 0.269 e. The molecule has 0 aliphatic rings. The van der Waals surface area contributed by atoms with Gasteiger partial charge in [0, 0.05) is 29.2 Å². The van der Waals surface area contributed by atoms with Crippen molar-refractivity contribution >= 4 is 49.7 Å². The number of carbonyl (C=O) groups excluding carboxylic acids is 1. The highest BCUT2D eigenvalue weighted by Gasteiger charge is 2.22. The van der Waals surface area contributed by atoms with Crippen molar-refractivity contribution in [3.8, 4) is 5.75 Å². The molecule has 0 saturated carbocycles. The number of sulfone groups is 1. The number of nitrogens with one attached hydrogen (secondary N) is 1. The van der Waals surface area contributed by atoms with Gasteiger partial charge < -0.3 is 10.1 Å². The summed E-state index contributed by atoms with van der Waals surface area (Å²) in [5, 5.41) is 13.5. The van der Waals surface area contributed by atoms with Crippen LogP contribution in [0.1, 0.15) is 6.42 Å². The van der Waals surface area contributed by atoms with Crippen LogP contribution in [-0.2, 0) is 14.6 Å². The predicted octanol–water partition coefficient (Wildman–Crippen LogP) is 4.01. The number of ether oxygens (including phenoxy) is 1. The van der Waals surface area contributed by atoms with Gasteiger partial charge in [-0.25, -0.2) is 13.4 Å². The smallest absolute Gasteiger partial charge is 0.269 e. The maximum atomic E-state index is 12.7. The van der Waals surface area contributed by atoms with Gasteiger partial charge in [-0.2, -0.15) is 0 Å². The highest BCUT2D eigenvalue weighted by molar-refractivity contribution is 7.99. The van der Waals surface area contributed by atoms with Crippen LogP contribution < -0.4 is 10.1 Å². The third kappa shape index (κ3) is 5.81. The van der Waals surface area contributed by atoms with Crippen molar-refractivity contribution in [2.24, 2.45) is 0 Å². The Morgan fingerprint density at radius 1 is 1.19 bits per heavy atom. The molecule has 0 aliphatic carbocycles. The molecule has 9 nitrogen and oxygen atoms in total. The summed E-state index contributed by atoms with van der Waals surface area (Å²) in [6.07, 6.45) is 1.38.